The summed E-state index contributed by atoms with van der Waals surface area (Å²) in [6.07, 6.45) is -6.78. The maximum absolute atomic E-state index is 12.4. The molecule has 1 aliphatic rings. The number of aliphatic hydroxyl groups is 1. The third-order valence-corrected chi connectivity index (χ3v) is 8.73. The Morgan fingerprint density at radius 1 is 1.26 bits per heavy atom. The third kappa shape index (κ3) is 6.88. The highest BCUT2D eigenvalue weighted by molar-refractivity contribution is 7.66. The van der Waals surface area contributed by atoms with Crippen LogP contribution >= 0.6 is 46.7 Å². The zero-order valence-electron chi connectivity index (χ0n) is 17.0. The normalized spacial score (nSPS) is 29.5. The van der Waals surface area contributed by atoms with Gasteiger partial charge in [0.1, 0.15) is 18.0 Å². The fourth-order valence-electron chi connectivity index (χ4n) is 3.02. The molecule has 1 aromatic heterocycles. The summed E-state index contributed by atoms with van der Waals surface area (Å²) in [5, 5.41) is 12.7. The van der Waals surface area contributed by atoms with Crippen LogP contribution in [-0.2, 0) is 31.6 Å². The smallest absolute Gasteiger partial charge is 0.387 e. The Balaban J connectivity index is 2.37. The van der Waals surface area contributed by atoms with Crippen LogP contribution in [0.25, 0.3) is 0 Å². The molecule has 4 unspecified atom stereocenters. The van der Waals surface area contributed by atoms with Gasteiger partial charge in [-0.25, -0.2) is 18.5 Å². The number of hydrogen-bond donors (Lipinski definition) is 6. The van der Waals surface area contributed by atoms with Gasteiger partial charge in [0.05, 0.1) is 6.10 Å². The number of nitrogens with zero attached hydrogens (tertiary/aromatic N) is 2. The van der Waals surface area contributed by atoms with Gasteiger partial charge in [0.2, 0.25) is 0 Å². The Labute approximate surface area is 201 Å². The molecule has 2 heterocycles. The summed E-state index contributed by atoms with van der Waals surface area (Å²) in [7, 11) is -17.0. The lowest BCUT2D eigenvalue weighted by Crippen LogP contribution is -2.45. The van der Waals surface area contributed by atoms with Crippen LogP contribution in [-0.4, -0.2) is 57.4 Å². The molecule has 1 saturated heterocycles. The van der Waals surface area contributed by atoms with E-state index in [9.17, 15) is 33.4 Å². The first-order chi connectivity index (χ1) is 15.3. The Kier molecular flexibility index (Phi) is 8.86. The van der Waals surface area contributed by atoms with Gasteiger partial charge in [-0.1, -0.05) is 17.5 Å². The number of phosphoric acid groups is 3. The standard InChI is InChI=1S/C13H18Cl2N3O13P3/c1-6-5-8(16)17-12(20)18(6)11-13(15,3-4-14)10(19)9(28-11)7(2)29-33(24,25)31-34(26,27)30-32(21,22)23/h5,7,9-11,19H,1-2H3,(H,24,25)(H,26,27)(H2,16,17,20)(H2,21,22,23)/t7-,9?,10?,11-,13-/m1/s1. The van der Waals surface area contributed by atoms with E-state index in [4.69, 9.17) is 43.5 Å². The van der Waals surface area contributed by atoms with Gasteiger partial charge in [0.15, 0.2) is 11.1 Å². The van der Waals surface area contributed by atoms with Crippen molar-refractivity contribution < 1.29 is 56.3 Å². The van der Waals surface area contributed by atoms with Crippen LogP contribution in [0.1, 0.15) is 18.8 Å². The van der Waals surface area contributed by atoms with Crippen LogP contribution in [0.5, 0.6) is 0 Å². The molecule has 21 heteroatoms. The number of phosphoric ester groups is 1. The van der Waals surface area contributed by atoms with Crippen LogP contribution in [0, 0.1) is 18.2 Å². The Hall–Kier alpha value is -0.850. The molecule has 0 spiro atoms. The topological polar surface area (TPSA) is 250 Å². The van der Waals surface area contributed by atoms with Gasteiger partial charge in [-0.05, 0) is 31.5 Å². The van der Waals surface area contributed by atoms with Gasteiger partial charge in [0, 0.05) is 11.1 Å². The maximum Gasteiger partial charge on any atom is 0.490 e. The predicted octanol–water partition coefficient (Wildman–Crippen LogP) is 0.301. The van der Waals surface area contributed by atoms with Crippen LogP contribution in [0.3, 0.4) is 0 Å². The molecular weight excluding hydrogens is 570 g/mol. The van der Waals surface area contributed by atoms with E-state index in [2.05, 4.69) is 24.0 Å². The first-order valence-electron chi connectivity index (χ1n) is 8.65. The van der Waals surface area contributed by atoms with Crippen molar-refractivity contribution in [2.24, 2.45) is 0 Å². The van der Waals surface area contributed by atoms with Gasteiger partial charge in [-0.2, -0.15) is 13.6 Å². The van der Waals surface area contributed by atoms with Crippen LogP contribution in [0.2, 0.25) is 0 Å². The minimum absolute atomic E-state index is 0.126. The Morgan fingerprint density at radius 3 is 2.35 bits per heavy atom. The minimum atomic E-state index is -5.79. The number of alkyl halides is 1. The zero-order chi connectivity index (χ0) is 26.3. The van der Waals surface area contributed by atoms with E-state index in [0.29, 0.717) is 0 Å². The summed E-state index contributed by atoms with van der Waals surface area (Å²) in [6.45, 7) is 2.47. The van der Waals surface area contributed by atoms with E-state index in [1.165, 1.54) is 13.0 Å². The summed E-state index contributed by atoms with van der Waals surface area (Å²) < 4.78 is 52.7. The van der Waals surface area contributed by atoms with Crippen molar-refractivity contribution >= 4 is 52.5 Å². The van der Waals surface area contributed by atoms with Crippen molar-refractivity contribution in [3.63, 3.8) is 0 Å². The molecule has 0 aliphatic carbocycles. The first-order valence-corrected chi connectivity index (χ1v) is 13.9. The largest absolute Gasteiger partial charge is 0.490 e. The number of anilines is 1. The van der Waals surface area contributed by atoms with Crippen molar-refractivity contribution in [1.82, 2.24) is 9.55 Å². The van der Waals surface area contributed by atoms with E-state index in [1.807, 2.05) is 5.38 Å². The van der Waals surface area contributed by atoms with Crippen molar-refractivity contribution in [2.45, 2.75) is 43.3 Å². The van der Waals surface area contributed by atoms with E-state index in [0.717, 1.165) is 11.5 Å². The van der Waals surface area contributed by atoms with Gasteiger partial charge >= 0.3 is 29.2 Å². The molecule has 0 bridgehead atoms. The number of aryl methyl sites for hydroxylation is 1. The number of nitrogen functional groups attached to an aromatic ring is 1. The lowest BCUT2D eigenvalue weighted by atomic mass is 9.97. The summed E-state index contributed by atoms with van der Waals surface area (Å²) in [5.41, 5.74) is 4.75. The lowest BCUT2D eigenvalue weighted by molar-refractivity contribution is -0.0754. The van der Waals surface area contributed by atoms with Crippen LogP contribution < -0.4 is 11.4 Å². The second-order valence-electron chi connectivity index (χ2n) is 6.76. The van der Waals surface area contributed by atoms with Crippen molar-refractivity contribution in [1.29, 1.82) is 0 Å². The monoisotopic (exact) mass is 587 g/mol. The molecule has 34 heavy (non-hydrogen) atoms. The zero-order valence-corrected chi connectivity index (χ0v) is 21.2. The van der Waals surface area contributed by atoms with Gasteiger partial charge in [-0.15, -0.1) is 0 Å². The van der Waals surface area contributed by atoms with Crippen LogP contribution in [0.4, 0.5) is 5.82 Å². The quantitative estimate of drug-likeness (QED) is 0.136. The molecule has 16 nitrogen and oxygen atoms in total. The second kappa shape index (κ2) is 10.3. The molecule has 7 atom stereocenters. The number of nitrogens with two attached hydrogens (primary N) is 1. The highest BCUT2D eigenvalue weighted by atomic mass is 35.5. The van der Waals surface area contributed by atoms with Gasteiger partial charge in [0.25, 0.3) is 0 Å². The van der Waals surface area contributed by atoms with Gasteiger partial charge in [-0.3, -0.25) is 9.09 Å². The minimum Gasteiger partial charge on any atom is -0.387 e. The maximum atomic E-state index is 12.4. The molecule has 2 rings (SSSR count). The van der Waals surface area contributed by atoms with E-state index in [-0.39, 0.29) is 11.5 Å². The molecule has 192 valence electrons. The average Bonchev–Trinajstić information content (AvgIpc) is 2.83. The van der Waals surface area contributed by atoms with E-state index < -0.39 is 58.6 Å². The SMILES string of the molecule is Cc1cc(N)nc(=O)n1[C@@H]1OC([C@@H](C)OP(=O)(O)OP(=O)(O)OP(=O)(O)O)C(O)[C@]1(Cl)C#CCl. The van der Waals surface area contributed by atoms with Crippen molar-refractivity contribution in [3.8, 4) is 11.3 Å². The first kappa shape index (κ1) is 29.4. The number of ether oxygens (including phenoxy) is 1. The number of halogens is 2. The Morgan fingerprint density at radius 2 is 1.85 bits per heavy atom. The molecular formula is C13H18Cl2N3O13P3. The molecule has 7 N–H and O–H groups in total. The van der Waals surface area contributed by atoms with Gasteiger partial charge < -0.3 is 35.2 Å². The number of aliphatic hydroxyl groups excluding tert-OH is 1. The third-order valence-electron chi connectivity index (χ3n) is 4.21. The fourth-order valence-corrected chi connectivity index (χ4v) is 6.74. The average molecular weight is 588 g/mol. The van der Waals surface area contributed by atoms with E-state index in [1.54, 1.807) is 0 Å². The second-order valence-corrected chi connectivity index (χ2v) is 11.9. The summed E-state index contributed by atoms with van der Waals surface area (Å²) >= 11 is 11.9. The molecule has 0 amide bonds. The number of aromatic nitrogens is 2. The molecule has 0 saturated carbocycles. The highest BCUT2D eigenvalue weighted by Gasteiger charge is 2.59. The molecule has 0 aromatic carbocycles. The lowest BCUT2D eigenvalue weighted by Gasteiger charge is -2.27. The molecule has 1 fully saturated rings. The van der Waals surface area contributed by atoms with E-state index >= 15 is 0 Å². The number of hydrogen-bond acceptors (Lipinski definition) is 11. The Bertz CT molecular complexity index is 1210. The van der Waals surface area contributed by atoms with Crippen molar-refractivity contribution in [2.75, 3.05) is 5.73 Å². The summed E-state index contributed by atoms with van der Waals surface area (Å²) in [5.74, 6) is 2.15. The number of rotatable bonds is 8. The molecule has 1 aromatic rings. The van der Waals surface area contributed by atoms with Crippen LogP contribution in [0.15, 0.2) is 10.9 Å². The molecule has 0 radical (unpaired) electrons. The summed E-state index contributed by atoms with van der Waals surface area (Å²) in [6, 6.07) is 1.28. The summed E-state index contributed by atoms with van der Waals surface area (Å²) in [4.78, 5) is 50.0. The van der Waals surface area contributed by atoms with Crippen molar-refractivity contribution in [3.05, 3.63) is 22.2 Å². The molecule has 1 aliphatic heterocycles. The fraction of sp³-hybridized carbons (Fsp3) is 0.538. The highest BCUT2D eigenvalue weighted by Crippen LogP contribution is 2.66. The predicted molar refractivity (Wildman–Crippen MR) is 114 cm³/mol.